The zero-order chi connectivity index (χ0) is 21.4. The summed E-state index contributed by atoms with van der Waals surface area (Å²) in [5.41, 5.74) is 7.57. The number of piperidine rings is 1. The molecule has 1 saturated heterocycles. The minimum Gasteiger partial charge on any atom is -0.334 e. The van der Waals surface area contributed by atoms with Crippen molar-refractivity contribution in [1.29, 1.82) is 0 Å². The van der Waals surface area contributed by atoms with E-state index in [0.717, 1.165) is 10.9 Å². The maximum atomic E-state index is 5.43. The molecule has 1 saturated carbocycles. The van der Waals surface area contributed by atoms with Crippen molar-refractivity contribution in [2.75, 3.05) is 13.1 Å². The number of rotatable bonds is 3. The molecule has 2 fully saturated rings. The second-order valence-corrected chi connectivity index (χ2v) is 10.9. The predicted octanol–water partition coefficient (Wildman–Crippen LogP) is 6.22. The first-order chi connectivity index (χ1) is 15.8. The van der Waals surface area contributed by atoms with Crippen LogP contribution in [0.5, 0.6) is 0 Å². The van der Waals surface area contributed by atoms with Crippen LogP contribution in [0, 0.1) is 5.41 Å². The number of nitrogens with zero attached hydrogens (tertiary/aromatic N) is 2. The Morgan fingerprint density at radius 1 is 0.906 bits per heavy atom. The predicted molar refractivity (Wildman–Crippen MR) is 135 cm³/mol. The number of nitrogens with one attached hydrogen (secondary N) is 1. The van der Waals surface area contributed by atoms with Crippen LogP contribution in [0.25, 0.3) is 5.70 Å². The summed E-state index contributed by atoms with van der Waals surface area (Å²) < 4.78 is 0. The molecule has 0 bridgehead atoms. The van der Waals surface area contributed by atoms with E-state index in [4.69, 9.17) is 4.99 Å². The van der Waals surface area contributed by atoms with Gasteiger partial charge in [-0.2, -0.15) is 0 Å². The van der Waals surface area contributed by atoms with Crippen molar-refractivity contribution in [2.45, 2.75) is 63.3 Å². The van der Waals surface area contributed by atoms with Crippen molar-refractivity contribution in [1.82, 2.24) is 10.2 Å². The lowest BCUT2D eigenvalue weighted by molar-refractivity contribution is 0.162. The maximum absolute atomic E-state index is 5.43. The Kier molecular flexibility index (Phi) is 5.60. The van der Waals surface area contributed by atoms with Crippen LogP contribution in [0.15, 0.2) is 65.2 Å². The van der Waals surface area contributed by atoms with Crippen molar-refractivity contribution >= 4 is 22.6 Å². The molecule has 2 heterocycles. The Hall–Kier alpha value is -2.04. The van der Waals surface area contributed by atoms with Gasteiger partial charge in [0.15, 0.2) is 5.17 Å². The Morgan fingerprint density at radius 2 is 1.66 bits per heavy atom. The fourth-order valence-electron chi connectivity index (χ4n) is 6.37. The lowest BCUT2D eigenvalue weighted by Gasteiger charge is -2.47. The van der Waals surface area contributed by atoms with Gasteiger partial charge in [-0.1, -0.05) is 85.6 Å². The third kappa shape index (κ3) is 3.72. The largest absolute Gasteiger partial charge is 0.334 e. The number of benzene rings is 2. The van der Waals surface area contributed by atoms with Crippen molar-refractivity contribution in [3.63, 3.8) is 0 Å². The Morgan fingerprint density at radius 3 is 2.47 bits per heavy atom. The number of likely N-dealkylation sites (tertiary alicyclic amines) is 1. The van der Waals surface area contributed by atoms with Gasteiger partial charge in [0.05, 0.1) is 5.70 Å². The van der Waals surface area contributed by atoms with E-state index in [1.54, 1.807) is 5.57 Å². The molecule has 0 aromatic heterocycles. The first-order valence-corrected chi connectivity index (χ1v) is 13.4. The van der Waals surface area contributed by atoms with Gasteiger partial charge in [0.1, 0.15) is 6.17 Å². The van der Waals surface area contributed by atoms with Crippen LogP contribution in [0.2, 0.25) is 0 Å². The van der Waals surface area contributed by atoms with E-state index in [9.17, 15) is 0 Å². The molecule has 0 radical (unpaired) electrons. The average molecular weight is 444 g/mol. The second-order valence-electron chi connectivity index (χ2n) is 9.91. The molecule has 3 nitrogen and oxygen atoms in total. The van der Waals surface area contributed by atoms with E-state index < -0.39 is 0 Å². The molecule has 4 aliphatic rings. The third-order valence-electron chi connectivity index (χ3n) is 7.90. The van der Waals surface area contributed by atoms with Gasteiger partial charge < -0.3 is 5.32 Å². The summed E-state index contributed by atoms with van der Waals surface area (Å²) in [5.74, 6) is 0.953. The number of hydrogen-bond acceptors (Lipinski definition) is 4. The number of thioether (sulfide) groups is 1. The summed E-state index contributed by atoms with van der Waals surface area (Å²) in [5, 5.41) is 4.96. The number of fused-ring (bicyclic) bond motifs is 3. The zero-order valence-electron chi connectivity index (χ0n) is 18.9. The lowest BCUT2D eigenvalue weighted by atomic mass is 9.66. The highest BCUT2D eigenvalue weighted by atomic mass is 32.2. The Balaban J connectivity index is 1.41. The van der Waals surface area contributed by atoms with E-state index in [2.05, 4.69) is 64.8 Å². The fourth-order valence-corrected chi connectivity index (χ4v) is 7.21. The van der Waals surface area contributed by atoms with Crippen LogP contribution >= 0.6 is 11.8 Å². The SMILES string of the molecule is c1ccc(CSC2=NC(N3CCCCC3)C3=C(N2)c2ccccc2CC32CCCC2)cc1. The molecule has 1 spiro atoms. The van der Waals surface area contributed by atoms with E-state index in [1.807, 2.05) is 11.8 Å². The molecule has 1 N–H and O–H groups in total. The number of hydrogen-bond donors (Lipinski definition) is 1. The van der Waals surface area contributed by atoms with E-state index in [-0.39, 0.29) is 11.6 Å². The van der Waals surface area contributed by atoms with Gasteiger partial charge in [-0.05, 0) is 48.8 Å². The molecular weight excluding hydrogens is 410 g/mol. The molecule has 1 unspecified atom stereocenters. The van der Waals surface area contributed by atoms with Crippen LogP contribution in [-0.2, 0) is 12.2 Å². The summed E-state index contributed by atoms with van der Waals surface area (Å²) in [7, 11) is 0. The molecule has 0 amide bonds. The Labute approximate surface area is 196 Å². The molecule has 32 heavy (non-hydrogen) atoms. The van der Waals surface area contributed by atoms with Gasteiger partial charge in [0, 0.05) is 29.8 Å². The van der Waals surface area contributed by atoms with Gasteiger partial charge in [0.2, 0.25) is 0 Å². The van der Waals surface area contributed by atoms with Crippen LogP contribution in [-0.4, -0.2) is 29.3 Å². The highest BCUT2D eigenvalue weighted by molar-refractivity contribution is 8.13. The molecular formula is C28H33N3S. The molecule has 1 atom stereocenters. The molecule has 6 rings (SSSR count). The van der Waals surface area contributed by atoms with Gasteiger partial charge in [-0.3, -0.25) is 4.90 Å². The van der Waals surface area contributed by atoms with Gasteiger partial charge in [-0.15, -0.1) is 0 Å². The minimum absolute atomic E-state index is 0.205. The quantitative estimate of drug-likeness (QED) is 0.610. The fraction of sp³-hybridized carbons (Fsp3) is 0.464. The third-order valence-corrected chi connectivity index (χ3v) is 8.86. The first-order valence-electron chi connectivity index (χ1n) is 12.4. The normalized spacial score (nSPS) is 24.6. The topological polar surface area (TPSA) is 27.6 Å². The average Bonchev–Trinajstić information content (AvgIpc) is 3.32. The number of aliphatic imine (C=N–C) groups is 1. The molecule has 4 heteroatoms. The molecule has 2 aromatic carbocycles. The first kappa shape index (κ1) is 20.6. The Bertz CT molecular complexity index is 1030. The van der Waals surface area contributed by atoms with E-state index in [1.165, 1.54) is 86.8 Å². The highest BCUT2D eigenvalue weighted by Gasteiger charge is 2.48. The van der Waals surface area contributed by atoms with Crippen LogP contribution in [0.3, 0.4) is 0 Å². The highest BCUT2D eigenvalue weighted by Crippen LogP contribution is 2.55. The number of amidine groups is 1. The molecule has 2 aliphatic carbocycles. The lowest BCUT2D eigenvalue weighted by Crippen LogP contribution is -2.49. The van der Waals surface area contributed by atoms with Crippen molar-refractivity contribution < 1.29 is 0 Å². The summed E-state index contributed by atoms with van der Waals surface area (Å²) in [6.45, 7) is 2.36. The standard InChI is InChI=1S/C28H33N3S/c1-3-11-21(12-4-1)20-32-27-29-25-23-14-6-5-13-22(23)19-28(15-7-8-16-28)24(25)26(30-27)31-17-9-2-10-18-31/h1,3-6,11-14,26H,2,7-10,15-20H2,(H,29,30). The summed E-state index contributed by atoms with van der Waals surface area (Å²) in [6, 6.07) is 19.9. The van der Waals surface area contributed by atoms with Gasteiger partial charge in [0.25, 0.3) is 0 Å². The van der Waals surface area contributed by atoms with Crippen molar-refractivity contribution in [2.24, 2.45) is 10.4 Å². The zero-order valence-corrected chi connectivity index (χ0v) is 19.7. The minimum atomic E-state index is 0.205. The second kappa shape index (κ2) is 8.72. The van der Waals surface area contributed by atoms with Crippen LogP contribution in [0.4, 0.5) is 0 Å². The summed E-state index contributed by atoms with van der Waals surface area (Å²) >= 11 is 1.86. The van der Waals surface area contributed by atoms with E-state index >= 15 is 0 Å². The maximum Gasteiger partial charge on any atom is 0.163 e. The van der Waals surface area contributed by atoms with Gasteiger partial charge >= 0.3 is 0 Å². The van der Waals surface area contributed by atoms with Gasteiger partial charge in [-0.25, -0.2) is 4.99 Å². The monoisotopic (exact) mass is 443 g/mol. The summed E-state index contributed by atoms with van der Waals surface area (Å²) in [6.07, 6.45) is 10.7. The molecule has 2 aromatic rings. The van der Waals surface area contributed by atoms with E-state index in [0.29, 0.717) is 0 Å². The van der Waals surface area contributed by atoms with Crippen molar-refractivity contribution in [3.8, 4) is 0 Å². The van der Waals surface area contributed by atoms with Crippen LogP contribution < -0.4 is 5.32 Å². The molecule has 166 valence electrons. The van der Waals surface area contributed by atoms with Crippen LogP contribution in [0.1, 0.15) is 61.6 Å². The molecule has 2 aliphatic heterocycles. The smallest absolute Gasteiger partial charge is 0.163 e. The summed E-state index contributed by atoms with van der Waals surface area (Å²) in [4.78, 5) is 8.12. The van der Waals surface area contributed by atoms with Crippen molar-refractivity contribution in [3.05, 3.63) is 76.9 Å².